The zero-order chi connectivity index (χ0) is 12.1. The molecule has 0 aromatic carbocycles. The molecule has 1 atom stereocenters. The minimum atomic E-state index is 0.490. The monoisotopic (exact) mass is 248 g/mol. The smallest absolute Gasteiger partial charge is 0.0478 e. The van der Waals surface area contributed by atoms with Gasteiger partial charge in [-0.1, -0.05) is 13.8 Å². The molecular formula is C14H20N2S. The largest absolute Gasteiger partial charge is 0.350 e. The van der Waals surface area contributed by atoms with Crippen LogP contribution in [0.5, 0.6) is 0 Å². The van der Waals surface area contributed by atoms with Crippen LogP contribution in [0.3, 0.4) is 0 Å². The number of rotatable bonds is 6. The lowest BCUT2D eigenvalue weighted by molar-refractivity contribution is 0.536. The highest BCUT2D eigenvalue weighted by Gasteiger charge is 2.08. The fraction of sp³-hybridized carbons (Fsp3) is 0.429. The van der Waals surface area contributed by atoms with E-state index >= 15 is 0 Å². The lowest BCUT2D eigenvalue weighted by Gasteiger charge is -2.13. The standard InChI is InChI=1S/C14H20N2S/c1-3-14(15-4-2)13-5-7-16(10-13)9-12-6-8-17-11-12/h5-8,10-11,14-15H,3-4,9H2,1-2H3. The topological polar surface area (TPSA) is 17.0 Å². The normalized spacial score (nSPS) is 12.8. The van der Waals surface area contributed by atoms with Crippen LogP contribution in [0.15, 0.2) is 35.3 Å². The number of aromatic nitrogens is 1. The molecule has 1 N–H and O–H groups in total. The molecule has 2 aromatic rings. The minimum Gasteiger partial charge on any atom is -0.350 e. The molecule has 17 heavy (non-hydrogen) atoms. The maximum Gasteiger partial charge on any atom is 0.0478 e. The van der Waals surface area contributed by atoms with Gasteiger partial charge in [0.15, 0.2) is 0 Å². The fourth-order valence-corrected chi connectivity index (χ4v) is 2.76. The second kappa shape index (κ2) is 6.03. The van der Waals surface area contributed by atoms with E-state index in [9.17, 15) is 0 Å². The lowest BCUT2D eigenvalue weighted by Crippen LogP contribution is -2.19. The summed E-state index contributed by atoms with van der Waals surface area (Å²) in [6.07, 6.45) is 5.57. The molecule has 0 saturated heterocycles. The average molecular weight is 248 g/mol. The van der Waals surface area contributed by atoms with Crippen molar-refractivity contribution in [1.82, 2.24) is 9.88 Å². The molecule has 2 aromatic heterocycles. The third kappa shape index (κ3) is 3.20. The van der Waals surface area contributed by atoms with Gasteiger partial charge in [-0.3, -0.25) is 0 Å². The Morgan fingerprint density at radius 1 is 1.35 bits per heavy atom. The molecule has 1 unspecified atom stereocenters. The molecular weight excluding hydrogens is 228 g/mol. The number of nitrogens with zero attached hydrogens (tertiary/aromatic N) is 1. The van der Waals surface area contributed by atoms with Crippen molar-refractivity contribution >= 4 is 11.3 Å². The lowest BCUT2D eigenvalue weighted by atomic mass is 10.1. The van der Waals surface area contributed by atoms with E-state index in [1.165, 1.54) is 11.1 Å². The predicted octanol–water partition coefficient (Wildman–Crippen LogP) is 3.66. The summed E-state index contributed by atoms with van der Waals surface area (Å²) in [7, 11) is 0. The maximum absolute atomic E-state index is 3.51. The first kappa shape index (κ1) is 12.4. The summed E-state index contributed by atoms with van der Waals surface area (Å²) in [6.45, 7) is 6.38. The molecule has 0 bridgehead atoms. The van der Waals surface area contributed by atoms with Crippen LogP contribution in [-0.4, -0.2) is 11.1 Å². The molecule has 2 nitrogen and oxygen atoms in total. The van der Waals surface area contributed by atoms with Crippen LogP contribution < -0.4 is 5.32 Å². The van der Waals surface area contributed by atoms with E-state index in [1.807, 2.05) is 0 Å². The molecule has 92 valence electrons. The Hall–Kier alpha value is -1.06. The van der Waals surface area contributed by atoms with Gasteiger partial charge in [0.05, 0.1) is 0 Å². The Balaban J connectivity index is 2.04. The van der Waals surface area contributed by atoms with Gasteiger partial charge in [0.25, 0.3) is 0 Å². The van der Waals surface area contributed by atoms with E-state index in [2.05, 4.69) is 59.0 Å². The number of nitrogens with one attached hydrogen (secondary N) is 1. The first-order valence-corrected chi connectivity index (χ1v) is 7.18. The van der Waals surface area contributed by atoms with E-state index in [0.29, 0.717) is 6.04 Å². The zero-order valence-electron chi connectivity index (χ0n) is 10.5. The molecule has 0 aliphatic heterocycles. The van der Waals surface area contributed by atoms with E-state index in [1.54, 1.807) is 11.3 Å². The molecule has 0 fully saturated rings. The summed E-state index contributed by atoms with van der Waals surface area (Å²) in [5.41, 5.74) is 2.78. The van der Waals surface area contributed by atoms with Crippen LogP contribution in [0.4, 0.5) is 0 Å². The van der Waals surface area contributed by atoms with Gasteiger partial charge in [-0.25, -0.2) is 0 Å². The number of hydrogen-bond acceptors (Lipinski definition) is 2. The van der Waals surface area contributed by atoms with Crippen molar-refractivity contribution in [1.29, 1.82) is 0 Å². The predicted molar refractivity (Wildman–Crippen MR) is 74.6 cm³/mol. The number of thiophene rings is 1. The molecule has 3 heteroatoms. The van der Waals surface area contributed by atoms with Crippen LogP contribution in [0.25, 0.3) is 0 Å². The van der Waals surface area contributed by atoms with Crippen molar-refractivity contribution in [3.05, 3.63) is 46.4 Å². The van der Waals surface area contributed by atoms with Crippen molar-refractivity contribution in [2.45, 2.75) is 32.9 Å². The van der Waals surface area contributed by atoms with E-state index in [-0.39, 0.29) is 0 Å². The molecule has 0 aliphatic rings. The Labute approximate surface area is 107 Å². The van der Waals surface area contributed by atoms with Crippen molar-refractivity contribution in [2.24, 2.45) is 0 Å². The van der Waals surface area contributed by atoms with Crippen LogP contribution in [0.1, 0.15) is 37.4 Å². The molecule has 2 heterocycles. The van der Waals surface area contributed by atoms with Crippen LogP contribution >= 0.6 is 11.3 Å². The first-order valence-electron chi connectivity index (χ1n) is 6.23. The quantitative estimate of drug-likeness (QED) is 0.825. The Morgan fingerprint density at radius 3 is 2.88 bits per heavy atom. The third-order valence-electron chi connectivity index (χ3n) is 2.98. The van der Waals surface area contributed by atoms with Crippen LogP contribution in [0.2, 0.25) is 0 Å². The van der Waals surface area contributed by atoms with Crippen molar-refractivity contribution in [3.8, 4) is 0 Å². The Kier molecular flexibility index (Phi) is 4.40. The second-order valence-electron chi connectivity index (χ2n) is 4.27. The molecule has 2 rings (SSSR count). The van der Waals surface area contributed by atoms with Crippen molar-refractivity contribution in [2.75, 3.05) is 6.54 Å². The van der Waals surface area contributed by atoms with Gasteiger partial charge >= 0.3 is 0 Å². The summed E-state index contributed by atoms with van der Waals surface area (Å²) in [5.74, 6) is 0. The average Bonchev–Trinajstić information content (AvgIpc) is 2.98. The Bertz CT molecular complexity index is 431. The minimum absolute atomic E-state index is 0.490. The molecule has 0 spiro atoms. The first-order chi connectivity index (χ1) is 8.33. The summed E-state index contributed by atoms with van der Waals surface area (Å²) < 4.78 is 2.26. The highest BCUT2D eigenvalue weighted by Crippen LogP contribution is 2.18. The maximum atomic E-state index is 3.51. The van der Waals surface area contributed by atoms with Crippen LogP contribution in [-0.2, 0) is 6.54 Å². The van der Waals surface area contributed by atoms with Crippen molar-refractivity contribution < 1.29 is 0 Å². The highest BCUT2D eigenvalue weighted by atomic mass is 32.1. The van der Waals surface area contributed by atoms with Crippen LogP contribution in [0, 0.1) is 0 Å². The molecule has 0 aliphatic carbocycles. The number of hydrogen-bond donors (Lipinski definition) is 1. The van der Waals surface area contributed by atoms with E-state index in [4.69, 9.17) is 0 Å². The van der Waals surface area contributed by atoms with Gasteiger partial charge in [0, 0.05) is 25.0 Å². The van der Waals surface area contributed by atoms with Gasteiger partial charge in [0.1, 0.15) is 0 Å². The molecule has 0 saturated carbocycles. The van der Waals surface area contributed by atoms with Gasteiger partial charge in [-0.2, -0.15) is 11.3 Å². The summed E-state index contributed by atoms with van der Waals surface area (Å²) in [6, 6.07) is 4.90. The van der Waals surface area contributed by atoms with Gasteiger partial charge < -0.3 is 9.88 Å². The van der Waals surface area contributed by atoms with E-state index < -0.39 is 0 Å². The molecule has 0 amide bonds. The molecule has 0 radical (unpaired) electrons. The zero-order valence-corrected chi connectivity index (χ0v) is 11.3. The van der Waals surface area contributed by atoms with Gasteiger partial charge in [-0.15, -0.1) is 0 Å². The van der Waals surface area contributed by atoms with Gasteiger partial charge in [0.2, 0.25) is 0 Å². The Morgan fingerprint density at radius 2 is 2.24 bits per heavy atom. The SMILES string of the molecule is CCNC(CC)c1ccn(Cc2ccsc2)c1. The third-order valence-corrected chi connectivity index (χ3v) is 3.71. The highest BCUT2D eigenvalue weighted by molar-refractivity contribution is 7.07. The van der Waals surface area contributed by atoms with E-state index in [0.717, 1.165) is 19.5 Å². The summed E-state index contributed by atoms with van der Waals surface area (Å²) in [5, 5.41) is 7.85. The summed E-state index contributed by atoms with van der Waals surface area (Å²) >= 11 is 1.76. The second-order valence-corrected chi connectivity index (χ2v) is 5.05. The van der Waals surface area contributed by atoms with Crippen molar-refractivity contribution in [3.63, 3.8) is 0 Å². The van der Waals surface area contributed by atoms with Gasteiger partial charge in [-0.05, 0) is 47.0 Å². The summed E-state index contributed by atoms with van der Waals surface area (Å²) in [4.78, 5) is 0. The fourth-order valence-electron chi connectivity index (χ4n) is 2.10.